The van der Waals surface area contributed by atoms with Gasteiger partial charge in [0.1, 0.15) is 0 Å². The number of hydrogen-bond acceptors (Lipinski definition) is 2. The van der Waals surface area contributed by atoms with Gasteiger partial charge in [0.05, 0.1) is 0 Å². The lowest BCUT2D eigenvalue weighted by Gasteiger charge is -2.23. The summed E-state index contributed by atoms with van der Waals surface area (Å²) in [5, 5.41) is 0. The van der Waals surface area contributed by atoms with Crippen LogP contribution in [-0.2, 0) is 8.85 Å². The van der Waals surface area contributed by atoms with Gasteiger partial charge in [-0.2, -0.15) is 0 Å². The molecular weight excluding hydrogens is 276 g/mol. The third-order valence-electron chi connectivity index (χ3n) is 3.79. The summed E-state index contributed by atoms with van der Waals surface area (Å²) in [6.45, 7) is 8.42. The summed E-state index contributed by atoms with van der Waals surface area (Å²) in [6.07, 6.45) is 7.27. The summed E-state index contributed by atoms with van der Waals surface area (Å²) in [5.74, 6) is 0. The zero-order valence-corrected chi connectivity index (χ0v) is 15.2. The predicted molar refractivity (Wildman–Crippen MR) is 93.0 cm³/mol. The van der Waals surface area contributed by atoms with E-state index in [-0.39, 0.29) is 0 Å². The van der Waals surface area contributed by atoms with Crippen molar-refractivity contribution in [1.29, 1.82) is 0 Å². The Morgan fingerprint density at radius 1 is 0.857 bits per heavy atom. The van der Waals surface area contributed by atoms with Gasteiger partial charge < -0.3 is 8.85 Å². The van der Waals surface area contributed by atoms with Gasteiger partial charge in [-0.1, -0.05) is 76.8 Å². The Hall–Kier alpha value is -0.643. The van der Waals surface area contributed by atoms with Crippen molar-refractivity contribution in [3.05, 3.63) is 35.9 Å². The average molecular weight is 309 g/mol. The van der Waals surface area contributed by atoms with E-state index in [1.54, 1.807) is 0 Å². The van der Waals surface area contributed by atoms with Gasteiger partial charge in [-0.3, -0.25) is 0 Å². The molecule has 3 heteroatoms. The molecular formula is C18H32O2Si. The van der Waals surface area contributed by atoms with E-state index < -0.39 is 9.28 Å². The minimum absolute atomic E-state index is 0.412. The molecule has 0 spiro atoms. The van der Waals surface area contributed by atoms with Crippen molar-refractivity contribution in [2.24, 2.45) is 0 Å². The summed E-state index contributed by atoms with van der Waals surface area (Å²) in [7, 11) is -1.64. The van der Waals surface area contributed by atoms with Crippen LogP contribution < -0.4 is 0 Å². The van der Waals surface area contributed by atoms with Gasteiger partial charge in [0.15, 0.2) is 0 Å². The van der Waals surface area contributed by atoms with Gasteiger partial charge >= 0.3 is 9.28 Å². The first kappa shape index (κ1) is 18.4. The van der Waals surface area contributed by atoms with E-state index >= 15 is 0 Å². The van der Waals surface area contributed by atoms with Crippen LogP contribution in [0.1, 0.15) is 70.4 Å². The van der Waals surface area contributed by atoms with E-state index in [1.807, 2.05) is 0 Å². The first-order valence-electron chi connectivity index (χ1n) is 8.57. The lowest BCUT2D eigenvalue weighted by molar-refractivity contribution is 0.183. The molecule has 0 aliphatic rings. The molecule has 0 bridgehead atoms. The Morgan fingerprint density at radius 2 is 1.38 bits per heavy atom. The smallest absolute Gasteiger partial charge is 0.328 e. The molecule has 0 radical (unpaired) electrons. The first-order valence-corrected chi connectivity index (χ1v) is 10.2. The van der Waals surface area contributed by atoms with Gasteiger partial charge in [-0.15, -0.1) is 0 Å². The highest BCUT2D eigenvalue weighted by molar-refractivity contribution is 6.46. The summed E-state index contributed by atoms with van der Waals surface area (Å²) in [6, 6.07) is 10.7. The standard InChI is InChI=1S/C18H32O2Si/c1-4-6-11-15-19-21(20-16-12-7-5-2)17(3)18-13-9-8-10-14-18/h8-10,13-14,17,21H,4-7,11-12,15-16H2,1-3H3. The molecule has 1 rings (SSSR count). The van der Waals surface area contributed by atoms with Gasteiger partial charge in [0.2, 0.25) is 0 Å². The van der Waals surface area contributed by atoms with Crippen molar-refractivity contribution in [1.82, 2.24) is 0 Å². The highest BCUT2D eigenvalue weighted by Gasteiger charge is 2.23. The fourth-order valence-corrected chi connectivity index (χ4v) is 4.36. The summed E-state index contributed by atoms with van der Waals surface area (Å²) in [5.41, 5.74) is 1.76. The fourth-order valence-electron chi connectivity index (χ4n) is 2.35. The second kappa shape index (κ2) is 12.0. The van der Waals surface area contributed by atoms with Crippen LogP contribution in [0.5, 0.6) is 0 Å². The van der Waals surface area contributed by atoms with E-state index in [1.165, 1.54) is 31.2 Å². The SMILES string of the molecule is CCCCCO[SiH](OCCCCC)C(C)c1ccccc1. The molecule has 1 aromatic carbocycles. The summed E-state index contributed by atoms with van der Waals surface area (Å²) < 4.78 is 12.3. The zero-order chi connectivity index (χ0) is 15.3. The molecule has 120 valence electrons. The topological polar surface area (TPSA) is 18.5 Å². The normalized spacial score (nSPS) is 12.8. The molecule has 0 aliphatic carbocycles. The largest absolute Gasteiger partial charge is 0.396 e. The Kier molecular flexibility index (Phi) is 10.5. The average Bonchev–Trinajstić information content (AvgIpc) is 2.53. The van der Waals surface area contributed by atoms with E-state index in [4.69, 9.17) is 8.85 Å². The third-order valence-corrected chi connectivity index (χ3v) is 6.12. The lowest BCUT2D eigenvalue weighted by atomic mass is 10.2. The number of hydrogen-bond donors (Lipinski definition) is 0. The third kappa shape index (κ3) is 7.79. The maximum atomic E-state index is 6.16. The number of benzene rings is 1. The van der Waals surface area contributed by atoms with Crippen molar-refractivity contribution in [3.63, 3.8) is 0 Å². The Morgan fingerprint density at radius 3 is 1.86 bits per heavy atom. The van der Waals surface area contributed by atoms with Crippen molar-refractivity contribution >= 4 is 9.28 Å². The second-order valence-electron chi connectivity index (χ2n) is 5.72. The van der Waals surface area contributed by atoms with Crippen LogP contribution in [0.15, 0.2) is 30.3 Å². The van der Waals surface area contributed by atoms with E-state index in [0.717, 1.165) is 26.1 Å². The van der Waals surface area contributed by atoms with Gasteiger partial charge in [-0.05, 0) is 18.4 Å². The number of unbranched alkanes of at least 4 members (excludes halogenated alkanes) is 4. The fraction of sp³-hybridized carbons (Fsp3) is 0.667. The molecule has 1 unspecified atom stereocenters. The maximum absolute atomic E-state index is 6.16. The Bertz CT molecular complexity index is 330. The zero-order valence-electron chi connectivity index (χ0n) is 14.0. The van der Waals surface area contributed by atoms with Crippen LogP contribution in [-0.4, -0.2) is 22.5 Å². The molecule has 0 aliphatic heterocycles. The summed E-state index contributed by atoms with van der Waals surface area (Å²) >= 11 is 0. The van der Waals surface area contributed by atoms with Crippen LogP contribution in [0.25, 0.3) is 0 Å². The Balaban J connectivity index is 2.48. The van der Waals surface area contributed by atoms with Crippen molar-refractivity contribution in [3.8, 4) is 0 Å². The highest BCUT2D eigenvalue weighted by atomic mass is 28.3. The molecule has 1 aromatic rings. The monoisotopic (exact) mass is 308 g/mol. The van der Waals surface area contributed by atoms with Crippen molar-refractivity contribution in [2.45, 2.75) is 64.8 Å². The maximum Gasteiger partial charge on any atom is 0.328 e. The van der Waals surface area contributed by atoms with E-state index in [2.05, 4.69) is 51.1 Å². The molecule has 0 aromatic heterocycles. The van der Waals surface area contributed by atoms with Gasteiger partial charge in [0.25, 0.3) is 0 Å². The molecule has 0 saturated heterocycles. The molecule has 0 amide bonds. The van der Waals surface area contributed by atoms with Gasteiger partial charge in [-0.25, -0.2) is 0 Å². The molecule has 0 N–H and O–H groups in total. The molecule has 1 atom stereocenters. The van der Waals surface area contributed by atoms with E-state index in [9.17, 15) is 0 Å². The molecule has 2 nitrogen and oxygen atoms in total. The molecule has 0 fully saturated rings. The predicted octanol–water partition coefficient (Wildman–Crippen LogP) is 4.96. The van der Waals surface area contributed by atoms with Gasteiger partial charge in [0, 0.05) is 18.8 Å². The van der Waals surface area contributed by atoms with E-state index in [0.29, 0.717) is 5.54 Å². The molecule has 0 heterocycles. The molecule has 0 saturated carbocycles. The van der Waals surface area contributed by atoms with Crippen molar-refractivity contribution < 1.29 is 8.85 Å². The minimum atomic E-state index is -1.64. The highest BCUT2D eigenvalue weighted by Crippen LogP contribution is 2.20. The van der Waals surface area contributed by atoms with Crippen LogP contribution in [0.4, 0.5) is 0 Å². The number of rotatable bonds is 12. The Labute approximate surface area is 132 Å². The van der Waals surface area contributed by atoms with Crippen LogP contribution in [0.3, 0.4) is 0 Å². The van der Waals surface area contributed by atoms with Crippen molar-refractivity contribution in [2.75, 3.05) is 13.2 Å². The summed E-state index contributed by atoms with van der Waals surface area (Å²) in [4.78, 5) is 0. The molecule has 21 heavy (non-hydrogen) atoms. The van der Waals surface area contributed by atoms with Crippen LogP contribution >= 0.6 is 0 Å². The lowest BCUT2D eigenvalue weighted by Crippen LogP contribution is -2.31. The minimum Gasteiger partial charge on any atom is -0.396 e. The quantitative estimate of drug-likeness (QED) is 0.401. The first-order chi connectivity index (χ1) is 10.3. The van der Waals surface area contributed by atoms with Crippen LogP contribution in [0, 0.1) is 0 Å². The van der Waals surface area contributed by atoms with Crippen LogP contribution in [0.2, 0.25) is 0 Å². The second-order valence-corrected chi connectivity index (χ2v) is 8.13.